The number of carbonyl (C=O) groups excluding carboxylic acids is 2. The Kier molecular flexibility index (Phi) is 7.18. The van der Waals surface area contributed by atoms with Crippen LogP contribution in [-0.2, 0) is 30.4 Å². The number of benzene rings is 1. The lowest BCUT2D eigenvalue weighted by Gasteiger charge is -2.52. The van der Waals surface area contributed by atoms with Gasteiger partial charge in [0.05, 0.1) is 38.2 Å². The summed E-state index contributed by atoms with van der Waals surface area (Å²) < 4.78 is 11.4. The molecule has 0 aliphatic carbocycles. The first-order valence-corrected chi connectivity index (χ1v) is 11.5. The molecule has 9 heteroatoms. The number of piperidine rings is 1. The minimum atomic E-state index is -1.33. The van der Waals surface area contributed by atoms with Crippen molar-refractivity contribution in [2.24, 2.45) is 16.7 Å². The number of hydrogen-bond acceptors (Lipinski definition) is 5. The molecule has 7 nitrogen and oxygen atoms in total. The van der Waals surface area contributed by atoms with Crippen molar-refractivity contribution in [1.82, 2.24) is 4.90 Å². The Morgan fingerprint density at radius 2 is 1.97 bits per heavy atom. The Morgan fingerprint density at radius 1 is 1.30 bits per heavy atom. The van der Waals surface area contributed by atoms with E-state index in [1.54, 1.807) is 31.2 Å². The van der Waals surface area contributed by atoms with Gasteiger partial charge in [0.25, 0.3) is 0 Å². The summed E-state index contributed by atoms with van der Waals surface area (Å²) in [5.74, 6) is -3.00. The molecule has 0 aromatic heterocycles. The van der Waals surface area contributed by atoms with E-state index in [-0.39, 0.29) is 30.4 Å². The van der Waals surface area contributed by atoms with Gasteiger partial charge in [-0.3, -0.25) is 14.4 Å². The van der Waals surface area contributed by atoms with Crippen LogP contribution in [0.4, 0.5) is 0 Å². The second-order valence-electron chi connectivity index (χ2n) is 9.74. The molecule has 1 aromatic carbocycles. The summed E-state index contributed by atoms with van der Waals surface area (Å²) >= 11 is 12.4. The highest BCUT2D eigenvalue weighted by Crippen LogP contribution is 2.52. The number of carbonyl (C=O) groups is 3. The van der Waals surface area contributed by atoms with Crippen LogP contribution in [-0.4, -0.2) is 47.2 Å². The molecule has 0 unspecified atom stereocenters. The molecule has 2 aliphatic heterocycles. The van der Waals surface area contributed by atoms with Crippen LogP contribution < -0.4 is 0 Å². The molecule has 0 radical (unpaired) electrons. The fraction of sp³-hybridized carbons (Fsp3) is 0.542. The van der Waals surface area contributed by atoms with Gasteiger partial charge in [-0.1, -0.05) is 50.0 Å². The Hall–Kier alpha value is -2.09. The number of halogens is 2. The van der Waals surface area contributed by atoms with Gasteiger partial charge < -0.3 is 19.5 Å². The van der Waals surface area contributed by atoms with E-state index in [2.05, 4.69) is 0 Å². The number of amides is 1. The Bertz CT molecular complexity index is 1000. The Morgan fingerprint density at radius 3 is 2.52 bits per heavy atom. The summed E-state index contributed by atoms with van der Waals surface area (Å²) in [5, 5.41) is 10.3. The fourth-order valence-corrected chi connectivity index (χ4v) is 5.10. The summed E-state index contributed by atoms with van der Waals surface area (Å²) in [5.41, 5.74) is -0.556. The maximum atomic E-state index is 13.6. The highest BCUT2D eigenvalue weighted by atomic mass is 35.5. The highest BCUT2D eigenvalue weighted by molar-refractivity contribution is 6.35. The third kappa shape index (κ3) is 4.77. The number of nitrogens with zero attached hydrogens (tertiary/aromatic N) is 1. The topological polar surface area (TPSA) is 93.1 Å². The number of fused-ring (bicyclic) bond motifs is 1. The lowest BCUT2D eigenvalue weighted by atomic mass is 9.65. The maximum Gasteiger partial charge on any atom is 0.320 e. The molecule has 1 N–H and O–H groups in total. The average molecular weight is 498 g/mol. The lowest BCUT2D eigenvalue weighted by Crippen LogP contribution is -2.60. The molecular weight excluding hydrogens is 469 g/mol. The molecule has 3 rings (SSSR count). The van der Waals surface area contributed by atoms with Gasteiger partial charge in [-0.2, -0.15) is 0 Å². The molecule has 180 valence electrons. The van der Waals surface area contributed by atoms with Crippen molar-refractivity contribution in [2.45, 2.75) is 59.3 Å². The quantitative estimate of drug-likeness (QED) is 0.592. The van der Waals surface area contributed by atoms with Crippen molar-refractivity contribution in [2.75, 3.05) is 7.11 Å². The molecule has 33 heavy (non-hydrogen) atoms. The summed E-state index contributed by atoms with van der Waals surface area (Å²) in [7, 11) is 1.28. The highest BCUT2D eigenvalue weighted by Gasteiger charge is 2.60. The van der Waals surface area contributed by atoms with Gasteiger partial charge in [-0.05, 0) is 42.5 Å². The van der Waals surface area contributed by atoms with E-state index in [0.717, 1.165) is 0 Å². The maximum absolute atomic E-state index is 13.6. The van der Waals surface area contributed by atoms with Crippen LogP contribution >= 0.6 is 23.2 Å². The number of likely N-dealkylation sites (tertiary alicyclic amines) is 1. The number of methoxy groups -OCH3 is 1. The van der Waals surface area contributed by atoms with Gasteiger partial charge in [0, 0.05) is 15.7 Å². The first-order chi connectivity index (χ1) is 15.3. The first-order valence-electron chi connectivity index (χ1n) is 10.7. The van der Waals surface area contributed by atoms with E-state index in [0.29, 0.717) is 21.3 Å². The zero-order chi connectivity index (χ0) is 24.7. The SMILES string of the molecule is COC(=O)[C@@]12C[C@H](CC(=O)O)C(=O)N(Cc3ccc(Cl)cc3Cl)C1=C[C@@H](C(C)(C)C)O[C@H]2C. The molecule has 2 aliphatic rings. The van der Waals surface area contributed by atoms with Gasteiger partial charge in [0.2, 0.25) is 5.91 Å². The zero-order valence-electron chi connectivity index (χ0n) is 19.4. The van der Waals surface area contributed by atoms with E-state index >= 15 is 0 Å². The van der Waals surface area contributed by atoms with Crippen LogP contribution in [0.5, 0.6) is 0 Å². The number of carboxylic acid groups (broad SMARTS) is 1. The van der Waals surface area contributed by atoms with E-state index < -0.39 is 35.8 Å². The van der Waals surface area contributed by atoms with Gasteiger partial charge in [-0.15, -0.1) is 0 Å². The number of ether oxygens (including phenoxy) is 2. The number of esters is 1. The van der Waals surface area contributed by atoms with Crippen LogP contribution in [0.15, 0.2) is 30.0 Å². The monoisotopic (exact) mass is 497 g/mol. The van der Waals surface area contributed by atoms with Crippen molar-refractivity contribution >= 4 is 41.0 Å². The van der Waals surface area contributed by atoms with E-state index in [4.69, 9.17) is 32.7 Å². The molecule has 4 atom stereocenters. The number of aliphatic carboxylic acids is 1. The smallest absolute Gasteiger partial charge is 0.320 e. The summed E-state index contributed by atoms with van der Waals surface area (Å²) in [6, 6.07) is 4.95. The molecule has 0 spiro atoms. The van der Waals surface area contributed by atoms with Crippen LogP contribution in [0.2, 0.25) is 10.0 Å². The van der Waals surface area contributed by atoms with Crippen molar-refractivity contribution in [1.29, 1.82) is 0 Å². The lowest BCUT2D eigenvalue weighted by molar-refractivity contribution is -0.181. The Balaban J connectivity index is 2.21. The molecule has 2 heterocycles. The fourth-order valence-electron chi connectivity index (χ4n) is 4.64. The largest absolute Gasteiger partial charge is 0.481 e. The molecular formula is C24H29Cl2NO6. The van der Waals surface area contributed by atoms with Crippen molar-refractivity contribution in [3.63, 3.8) is 0 Å². The van der Waals surface area contributed by atoms with Crippen molar-refractivity contribution in [3.8, 4) is 0 Å². The molecule has 0 bridgehead atoms. The third-order valence-corrected chi connectivity index (χ3v) is 7.04. The second kappa shape index (κ2) is 9.28. The predicted molar refractivity (Wildman–Crippen MR) is 124 cm³/mol. The van der Waals surface area contributed by atoms with Crippen LogP contribution in [0.25, 0.3) is 0 Å². The van der Waals surface area contributed by atoms with Gasteiger partial charge in [-0.25, -0.2) is 0 Å². The summed E-state index contributed by atoms with van der Waals surface area (Å²) in [6.45, 7) is 7.84. The van der Waals surface area contributed by atoms with Gasteiger partial charge in [0.1, 0.15) is 5.41 Å². The first kappa shape index (κ1) is 25.5. The minimum Gasteiger partial charge on any atom is -0.481 e. The average Bonchev–Trinajstić information content (AvgIpc) is 2.71. The number of carboxylic acids is 1. The Labute approximate surface area is 203 Å². The molecule has 1 fully saturated rings. The van der Waals surface area contributed by atoms with E-state index in [1.165, 1.54) is 12.0 Å². The summed E-state index contributed by atoms with van der Waals surface area (Å²) in [4.78, 5) is 39.9. The van der Waals surface area contributed by atoms with Crippen LogP contribution in [0.1, 0.15) is 46.1 Å². The van der Waals surface area contributed by atoms with Crippen LogP contribution in [0, 0.1) is 16.7 Å². The summed E-state index contributed by atoms with van der Waals surface area (Å²) in [6.07, 6.45) is 0.342. The minimum absolute atomic E-state index is 0.0144. The standard InChI is InChI=1S/C24H29Cl2NO6/c1-13-24(22(31)32-5)11-15(8-20(28)29)21(30)27(12-14-6-7-16(25)9-17(14)26)18(24)10-19(33-13)23(2,3)4/h6-7,9-10,13,15,19H,8,11-12H2,1-5H3,(H,28,29)/t13-,15-,19-,24+/m0/s1. The predicted octanol–water partition coefficient (Wildman–Crippen LogP) is 4.69. The van der Waals surface area contributed by atoms with Gasteiger partial charge >= 0.3 is 11.9 Å². The molecule has 1 amide bonds. The molecule has 0 saturated carbocycles. The number of rotatable bonds is 5. The molecule has 1 aromatic rings. The normalized spacial score (nSPS) is 27.6. The zero-order valence-corrected chi connectivity index (χ0v) is 20.9. The van der Waals surface area contributed by atoms with E-state index in [1.807, 2.05) is 20.8 Å². The van der Waals surface area contributed by atoms with Gasteiger partial charge in [0.15, 0.2) is 0 Å². The van der Waals surface area contributed by atoms with Crippen molar-refractivity contribution < 1.29 is 29.0 Å². The third-order valence-electron chi connectivity index (χ3n) is 6.45. The van der Waals surface area contributed by atoms with Crippen LogP contribution in [0.3, 0.4) is 0 Å². The molecule has 1 saturated heterocycles. The van der Waals surface area contributed by atoms with Crippen molar-refractivity contribution in [3.05, 3.63) is 45.6 Å². The van der Waals surface area contributed by atoms with E-state index in [9.17, 15) is 19.5 Å². The number of hydrogen-bond donors (Lipinski definition) is 1. The second-order valence-corrected chi connectivity index (χ2v) is 10.6.